The minimum Gasteiger partial charge on any atom is -0.342 e. The molecule has 0 aliphatic rings. The molecule has 0 aliphatic heterocycles. The highest BCUT2D eigenvalue weighted by Crippen LogP contribution is 2.21. The van der Waals surface area contributed by atoms with Crippen LogP contribution < -0.4 is 5.32 Å². The lowest BCUT2D eigenvalue weighted by atomic mass is 10.1. The summed E-state index contributed by atoms with van der Waals surface area (Å²) in [6, 6.07) is 9.18. The van der Waals surface area contributed by atoms with Crippen LogP contribution in [0.2, 0.25) is 5.15 Å². The highest BCUT2D eigenvalue weighted by Gasteiger charge is 2.16. The summed E-state index contributed by atoms with van der Waals surface area (Å²) in [4.78, 5) is 18.5. The van der Waals surface area contributed by atoms with E-state index < -0.39 is 0 Å². The van der Waals surface area contributed by atoms with E-state index in [0.29, 0.717) is 17.3 Å². The maximum atomic E-state index is 12.5. The number of fused-ring (bicyclic) bond motifs is 1. The zero-order chi connectivity index (χ0) is 14.5. The summed E-state index contributed by atoms with van der Waals surface area (Å²) < 4.78 is 0. The first-order valence-corrected chi connectivity index (χ1v) is 6.96. The molecule has 20 heavy (non-hydrogen) atoms. The van der Waals surface area contributed by atoms with E-state index in [1.165, 1.54) is 0 Å². The van der Waals surface area contributed by atoms with Crippen LogP contribution in [0.4, 0.5) is 0 Å². The lowest BCUT2D eigenvalue weighted by Crippen LogP contribution is -2.29. The van der Waals surface area contributed by atoms with E-state index in [4.69, 9.17) is 11.6 Å². The Balaban J connectivity index is 2.29. The number of pyridine rings is 1. The molecular weight excluding hydrogens is 274 g/mol. The van der Waals surface area contributed by atoms with Gasteiger partial charge in [0, 0.05) is 19.0 Å². The van der Waals surface area contributed by atoms with Gasteiger partial charge in [-0.2, -0.15) is 0 Å². The Morgan fingerprint density at radius 1 is 1.40 bits per heavy atom. The summed E-state index contributed by atoms with van der Waals surface area (Å²) in [6.07, 6.45) is 0.912. The van der Waals surface area contributed by atoms with E-state index in [9.17, 15) is 4.79 Å². The molecule has 0 bridgehead atoms. The zero-order valence-electron chi connectivity index (χ0n) is 11.7. The normalized spacial score (nSPS) is 10.8. The van der Waals surface area contributed by atoms with Crippen LogP contribution in [0.15, 0.2) is 30.3 Å². The second-order valence-electron chi connectivity index (χ2n) is 4.69. The topological polar surface area (TPSA) is 45.2 Å². The summed E-state index contributed by atoms with van der Waals surface area (Å²) >= 11 is 6.01. The van der Waals surface area contributed by atoms with Crippen LogP contribution in [-0.2, 0) is 0 Å². The monoisotopic (exact) mass is 291 g/mol. The number of halogens is 1. The predicted octanol–water partition coefficient (Wildman–Crippen LogP) is 2.57. The smallest absolute Gasteiger partial charge is 0.254 e. The molecule has 2 rings (SSSR count). The molecule has 0 radical (unpaired) electrons. The first-order valence-electron chi connectivity index (χ1n) is 6.59. The van der Waals surface area contributed by atoms with Crippen molar-refractivity contribution in [2.75, 3.05) is 27.2 Å². The number of rotatable bonds is 5. The third kappa shape index (κ3) is 3.26. The molecule has 0 unspecified atom stereocenters. The van der Waals surface area contributed by atoms with Crippen molar-refractivity contribution >= 4 is 28.4 Å². The summed E-state index contributed by atoms with van der Waals surface area (Å²) in [5.41, 5.74) is 1.35. The van der Waals surface area contributed by atoms with E-state index in [1.807, 2.05) is 31.3 Å². The van der Waals surface area contributed by atoms with Crippen molar-refractivity contribution in [1.29, 1.82) is 0 Å². The van der Waals surface area contributed by atoms with Gasteiger partial charge in [0.25, 0.3) is 5.91 Å². The maximum Gasteiger partial charge on any atom is 0.254 e. The predicted molar refractivity (Wildman–Crippen MR) is 82.3 cm³/mol. The highest BCUT2D eigenvalue weighted by atomic mass is 35.5. The molecule has 0 saturated heterocycles. The van der Waals surface area contributed by atoms with Gasteiger partial charge in [0.05, 0.1) is 11.1 Å². The molecule has 0 saturated carbocycles. The number of aromatic nitrogens is 1. The van der Waals surface area contributed by atoms with Gasteiger partial charge in [-0.25, -0.2) is 4.98 Å². The van der Waals surface area contributed by atoms with Gasteiger partial charge in [0.1, 0.15) is 5.15 Å². The summed E-state index contributed by atoms with van der Waals surface area (Å²) in [5, 5.41) is 4.25. The second kappa shape index (κ2) is 6.68. The Hall–Kier alpha value is -1.65. The van der Waals surface area contributed by atoms with Crippen LogP contribution in [0.25, 0.3) is 10.9 Å². The summed E-state index contributed by atoms with van der Waals surface area (Å²) in [6.45, 7) is 1.59. The van der Waals surface area contributed by atoms with Gasteiger partial charge < -0.3 is 10.2 Å². The van der Waals surface area contributed by atoms with Gasteiger partial charge >= 0.3 is 0 Å². The Kier molecular flexibility index (Phi) is 4.93. The number of carbonyl (C=O) groups is 1. The van der Waals surface area contributed by atoms with Crippen LogP contribution in [-0.4, -0.2) is 43.0 Å². The number of nitrogens with zero attached hydrogens (tertiary/aromatic N) is 2. The lowest BCUT2D eigenvalue weighted by molar-refractivity contribution is 0.0795. The molecule has 0 fully saturated rings. The van der Waals surface area contributed by atoms with Crippen LogP contribution in [0.5, 0.6) is 0 Å². The standard InChI is InChI=1S/C15H18ClN3O/c1-17-8-5-9-19(2)15(20)12-10-14(16)18-13-7-4-3-6-11(12)13/h3-4,6-7,10,17H,5,8-9H2,1-2H3. The zero-order valence-corrected chi connectivity index (χ0v) is 12.4. The Morgan fingerprint density at radius 3 is 2.90 bits per heavy atom. The number of hydrogen-bond donors (Lipinski definition) is 1. The number of para-hydroxylation sites is 1. The fraction of sp³-hybridized carbons (Fsp3) is 0.333. The van der Waals surface area contributed by atoms with Gasteiger partial charge in [-0.15, -0.1) is 0 Å². The molecule has 1 amide bonds. The minimum atomic E-state index is -0.0263. The molecular formula is C15H18ClN3O. The SMILES string of the molecule is CNCCCN(C)C(=O)c1cc(Cl)nc2ccccc12. The first kappa shape index (κ1) is 14.8. The van der Waals surface area contributed by atoms with E-state index in [1.54, 1.807) is 18.0 Å². The third-order valence-corrected chi connectivity index (χ3v) is 3.38. The molecule has 5 heteroatoms. The molecule has 0 spiro atoms. The van der Waals surface area contributed by atoms with Crippen LogP contribution in [0, 0.1) is 0 Å². The van der Waals surface area contributed by atoms with Crippen molar-refractivity contribution in [3.63, 3.8) is 0 Å². The second-order valence-corrected chi connectivity index (χ2v) is 5.08. The molecule has 4 nitrogen and oxygen atoms in total. The van der Waals surface area contributed by atoms with E-state index in [0.717, 1.165) is 23.9 Å². The molecule has 106 valence electrons. The third-order valence-electron chi connectivity index (χ3n) is 3.18. The van der Waals surface area contributed by atoms with Crippen molar-refractivity contribution in [2.24, 2.45) is 0 Å². The van der Waals surface area contributed by atoms with Gasteiger partial charge in [0.15, 0.2) is 0 Å². The van der Waals surface area contributed by atoms with E-state index in [-0.39, 0.29) is 5.91 Å². The number of benzene rings is 1. The molecule has 1 N–H and O–H groups in total. The largest absolute Gasteiger partial charge is 0.342 e. The average molecular weight is 292 g/mol. The van der Waals surface area contributed by atoms with Gasteiger partial charge in [-0.1, -0.05) is 29.8 Å². The Bertz CT molecular complexity index is 615. The molecule has 2 aromatic rings. The van der Waals surface area contributed by atoms with Gasteiger partial charge in [-0.3, -0.25) is 4.79 Å². The molecule has 1 aromatic carbocycles. The van der Waals surface area contributed by atoms with Crippen molar-refractivity contribution in [3.05, 3.63) is 41.0 Å². The maximum absolute atomic E-state index is 12.5. The Labute approximate surface area is 123 Å². The van der Waals surface area contributed by atoms with Crippen molar-refractivity contribution in [3.8, 4) is 0 Å². The van der Waals surface area contributed by atoms with E-state index in [2.05, 4.69) is 10.3 Å². The van der Waals surface area contributed by atoms with Crippen LogP contribution in [0.1, 0.15) is 16.8 Å². The molecule has 0 aliphatic carbocycles. The Morgan fingerprint density at radius 2 is 2.15 bits per heavy atom. The summed E-state index contributed by atoms with van der Waals surface area (Å²) in [5.74, 6) is -0.0263. The summed E-state index contributed by atoms with van der Waals surface area (Å²) in [7, 11) is 3.71. The van der Waals surface area contributed by atoms with Crippen molar-refractivity contribution in [1.82, 2.24) is 15.2 Å². The van der Waals surface area contributed by atoms with Crippen LogP contribution in [0.3, 0.4) is 0 Å². The molecule has 1 heterocycles. The highest BCUT2D eigenvalue weighted by molar-refractivity contribution is 6.30. The van der Waals surface area contributed by atoms with E-state index >= 15 is 0 Å². The number of amides is 1. The van der Waals surface area contributed by atoms with Crippen molar-refractivity contribution in [2.45, 2.75) is 6.42 Å². The quantitative estimate of drug-likeness (QED) is 0.680. The average Bonchev–Trinajstić information content (AvgIpc) is 2.45. The molecule has 0 atom stereocenters. The number of nitrogens with one attached hydrogen (secondary N) is 1. The first-order chi connectivity index (χ1) is 9.63. The van der Waals surface area contributed by atoms with Crippen molar-refractivity contribution < 1.29 is 4.79 Å². The lowest BCUT2D eigenvalue weighted by Gasteiger charge is -2.18. The number of hydrogen-bond acceptors (Lipinski definition) is 3. The minimum absolute atomic E-state index is 0.0263. The van der Waals surface area contributed by atoms with Gasteiger partial charge in [0.2, 0.25) is 0 Å². The fourth-order valence-electron chi connectivity index (χ4n) is 2.12. The fourth-order valence-corrected chi connectivity index (χ4v) is 2.32. The molecule has 1 aromatic heterocycles. The van der Waals surface area contributed by atoms with Crippen LogP contribution >= 0.6 is 11.6 Å². The number of carbonyl (C=O) groups excluding carboxylic acids is 1. The van der Waals surface area contributed by atoms with Gasteiger partial charge in [-0.05, 0) is 32.1 Å².